The molecule has 0 saturated heterocycles. The Bertz CT molecular complexity index is 336. The van der Waals surface area contributed by atoms with Crippen molar-refractivity contribution in [1.29, 1.82) is 0 Å². The zero-order chi connectivity index (χ0) is 11.3. The summed E-state index contributed by atoms with van der Waals surface area (Å²) in [6, 6.07) is 7.35. The van der Waals surface area contributed by atoms with Crippen LogP contribution in [-0.2, 0) is 6.42 Å². The van der Waals surface area contributed by atoms with Crippen LogP contribution in [0.2, 0.25) is 0 Å². The lowest BCUT2D eigenvalue weighted by molar-refractivity contribution is 0.164. The molecule has 0 spiro atoms. The van der Waals surface area contributed by atoms with Crippen molar-refractivity contribution in [3.05, 3.63) is 35.4 Å². The molecule has 1 atom stereocenters. The van der Waals surface area contributed by atoms with Crippen LogP contribution in [0.3, 0.4) is 0 Å². The maximum Gasteiger partial charge on any atom is 0.188 e. The van der Waals surface area contributed by atoms with Crippen molar-refractivity contribution in [2.24, 2.45) is 0 Å². The number of aliphatic hydroxyl groups excluding tert-OH is 2. The fourth-order valence-corrected chi connectivity index (χ4v) is 1.67. The minimum atomic E-state index is -0.308. The molecule has 2 nitrogen and oxygen atoms in total. The number of thiocarbonyl (C=S) groups is 1. The minimum absolute atomic E-state index is 0.0955. The van der Waals surface area contributed by atoms with Crippen molar-refractivity contribution in [1.82, 2.24) is 0 Å². The third-order valence-corrected chi connectivity index (χ3v) is 2.50. The lowest BCUT2D eigenvalue weighted by Gasteiger charge is -2.09. The molecular weight excluding hydrogens is 208 g/mol. The van der Waals surface area contributed by atoms with Crippen LogP contribution >= 0.6 is 12.2 Å². The normalized spacial score (nSPS) is 12.4. The molecule has 1 aromatic rings. The largest absolute Gasteiger partial charge is 0.499 e. The predicted molar refractivity (Wildman–Crippen MR) is 65.4 cm³/mol. The van der Waals surface area contributed by atoms with E-state index in [-0.39, 0.29) is 11.2 Å². The maximum atomic E-state index is 9.64. The molecule has 0 heterocycles. The Morgan fingerprint density at radius 3 is 2.80 bits per heavy atom. The first-order valence-electron chi connectivity index (χ1n) is 5.13. The van der Waals surface area contributed by atoms with Crippen LogP contribution in [0.1, 0.15) is 30.9 Å². The number of hydrogen-bond acceptors (Lipinski definition) is 2. The van der Waals surface area contributed by atoms with E-state index >= 15 is 0 Å². The molecule has 15 heavy (non-hydrogen) atoms. The van der Waals surface area contributed by atoms with E-state index in [2.05, 4.69) is 12.2 Å². The molecule has 0 bridgehead atoms. The van der Waals surface area contributed by atoms with Crippen LogP contribution in [0.25, 0.3) is 0 Å². The molecule has 0 aliphatic heterocycles. The van der Waals surface area contributed by atoms with E-state index in [0.717, 1.165) is 18.4 Å². The van der Waals surface area contributed by atoms with Gasteiger partial charge >= 0.3 is 0 Å². The molecule has 1 rings (SSSR count). The number of aliphatic hydroxyl groups is 2. The predicted octanol–water partition coefficient (Wildman–Crippen LogP) is 2.62. The van der Waals surface area contributed by atoms with Crippen molar-refractivity contribution in [3.63, 3.8) is 0 Å². The summed E-state index contributed by atoms with van der Waals surface area (Å²) in [6.45, 7) is 2.04. The van der Waals surface area contributed by atoms with Gasteiger partial charge in [-0.25, -0.2) is 0 Å². The fourth-order valence-electron chi connectivity index (χ4n) is 1.54. The summed E-state index contributed by atoms with van der Waals surface area (Å²) < 4.78 is 0. The van der Waals surface area contributed by atoms with Crippen LogP contribution in [0, 0.1) is 0 Å². The zero-order valence-electron chi connectivity index (χ0n) is 8.81. The van der Waals surface area contributed by atoms with Gasteiger partial charge in [-0.15, -0.1) is 0 Å². The summed E-state index contributed by atoms with van der Waals surface area (Å²) in [4.78, 5) is 0. The summed E-state index contributed by atoms with van der Waals surface area (Å²) in [7, 11) is 0. The first-order valence-corrected chi connectivity index (χ1v) is 5.54. The van der Waals surface area contributed by atoms with E-state index < -0.39 is 0 Å². The third kappa shape index (κ3) is 3.98. The molecule has 0 radical (unpaired) electrons. The first-order chi connectivity index (χ1) is 7.13. The molecular formula is C12H16O2S. The third-order valence-electron chi connectivity index (χ3n) is 2.27. The molecule has 0 aliphatic carbocycles. The van der Waals surface area contributed by atoms with Gasteiger partial charge in [-0.1, -0.05) is 31.5 Å². The summed E-state index contributed by atoms with van der Waals surface area (Å²) in [5, 5.41) is 18.7. The van der Waals surface area contributed by atoms with Gasteiger partial charge in [-0.05, 0) is 36.7 Å². The van der Waals surface area contributed by atoms with E-state index in [4.69, 9.17) is 5.11 Å². The van der Waals surface area contributed by atoms with Gasteiger partial charge in [0, 0.05) is 5.56 Å². The second kappa shape index (κ2) is 5.83. The number of hydrogen-bond donors (Lipinski definition) is 2. The molecule has 2 N–H and O–H groups in total. The molecule has 82 valence electrons. The van der Waals surface area contributed by atoms with Gasteiger partial charge in [0.2, 0.25) is 0 Å². The highest BCUT2D eigenvalue weighted by atomic mass is 32.1. The molecule has 3 heteroatoms. The summed E-state index contributed by atoms with van der Waals surface area (Å²) in [6.07, 6.45) is 2.08. The highest BCUT2D eigenvalue weighted by molar-refractivity contribution is 7.80. The second-order valence-corrected chi connectivity index (χ2v) is 4.04. The van der Waals surface area contributed by atoms with E-state index in [0.29, 0.717) is 12.0 Å². The van der Waals surface area contributed by atoms with Crippen LogP contribution in [-0.4, -0.2) is 21.4 Å². The van der Waals surface area contributed by atoms with E-state index in [9.17, 15) is 5.11 Å². The fraction of sp³-hybridized carbons (Fsp3) is 0.417. The van der Waals surface area contributed by atoms with E-state index in [1.165, 1.54) is 0 Å². The Hall–Kier alpha value is -0.930. The zero-order valence-corrected chi connectivity index (χ0v) is 9.63. The highest BCUT2D eigenvalue weighted by Crippen LogP contribution is 2.10. The van der Waals surface area contributed by atoms with E-state index in [1.54, 1.807) is 6.07 Å². The van der Waals surface area contributed by atoms with Gasteiger partial charge in [-0.2, -0.15) is 0 Å². The first kappa shape index (κ1) is 12.1. The number of rotatable bonds is 5. The lowest BCUT2D eigenvalue weighted by Crippen LogP contribution is -2.10. The van der Waals surface area contributed by atoms with Crippen molar-refractivity contribution >= 4 is 17.3 Å². The van der Waals surface area contributed by atoms with Gasteiger partial charge in [0.05, 0.1) is 6.10 Å². The average molecular weight is 224 g/mol. The van der Waals surface area contributed by atoms with Crippen molar-refractivity contribution in [2.75, 3.05) is 0 Å². The molecule has 0 saturated carbocycles. The second-order valence-electron chi connectivity index (χ2n) is 3.65. The standard InChI is InChI=1S/C12H16O2S/c1-2-4-11(13)8-9-5-3-6-10(7-9)12(14)15/h3,5-7,11,13H,2,4,8H2,1H3,(H,14,15). The Labute approximate surface area is 95.6 Å². The summed E-state index contributed by atoms with van der Waals surface area (Å²) in [5.74, 6) is 0. The van der Waals surface area contributed by atoms with E-state index in [1.807, 2.05) is 25.1 Å². The summed E-state index contributed by atoms with van der Waals surface area (Å²) >= 11 is 4.68. The van der Waals surface area contributed by atoms with Crippen LogP contribution in [0.4, 0.5) is 0 Å². The molecule has 1 unspecified atom stereocenters. The monoisotopic (exact) mass is 224 g/mol. The molecule has 0 amide bonds. The molecule has 0 aromatic heterocycles. The lowest BCUT2D eigenvalue weighted by atomic mass is 10.0. The van der Waals surface area contributed by atoms with Gasteiger partial charge in [0.15, 0.2) is 5.05 Å². The molecule has 0 fully saturated rings. The Balaban J connectivity index is 2.69. The van der Waals surface area contributed by atoms with Crippen LogP contribution < -0.4 is 0 Å². The Kier molecular flexibility index (Phi) is 4.72. The van der Waals surface area contributed by atoms with Gasteiger partial charge in [0.25, 0.3) is 0 Å². The van der Waals surface area contributed by atoms with Crippen LogP contribution in [0.15, 0.2) is 24.3 Å². The number of benzene rings is 1. The summed E-state index contributed by atoms with van der Waals surface area (Å²) in [5.41, 5.74) is 1.65. The quantitative estimate of drug-likeness (QED) is 0.755. The van der Waals surface area contributed by atoms with Crippen LogP contribution in [0.5, 0.6) is 0 Å². The maximum absolute atomic E-state index is 9.64. The van der Waals surface area contributed by atoms with Gasteiger partial charge in [-0.3, -0.25) is 0 Å². The Morgan fingerprint density at radius 1 is 1.47 bits per heavy atom. The van der Waals surface area contributed by atoms with Gasteiger partial charge < -0.3 is 10.2 Å². The highest BCUT2D eigenvalue weighted by Gasteiger charge is 2.05. The minimum Gasteiger partial charge on any atom is -0.499 e. The Morgan fingerprint density at radius 2 is 2.20 bits per heavy atom. The topological polar surface area (TPSA) is 40.5 Å². The molecule has 1 aromatic carbocycles. The average Bonchev–Trinajstić information content (AvgIpc) is 2.18. The molecule has 0 aliphatic rings. The van der Waals surface area contributed by atoms with Gasteiger partial charge in [0.1, 0.15) is 0 Å². The SMILES string of the molecule is CCCC(O)Cc1cccc(C(O)=S)c1. The smallest absolute Gasteiger partial charge is 0.188 e. The van der Waals surface area contributed by atoms with Crippen molar-refractivity contribution in [2.45, 2.75) is 32.3 Å². The van der Waals surface area contributed by atoms with Crippen molar-refractivity contribution < 1.29 is 10.2 Å². The van der Waals surface area contributed by atoms with Crippen molar-refractivity contribution in [3.8, 4) is 0 Å².